The van der Waals surface area contributed by atoms with Crippen LogP contribution in [0.15, 0.2) is 42.5 Å². The molecule has 6 nitrogen and oxygen atoms in total. The van der Waals surface area contributed by atoms with Crippen molar-refractivity contribution in [3.05, 3.63) is 59.5 Å². The van der Waals surface area contributed by atoms with Gasteiger partial charge in [-0.15, -0.1) is 0 Å². The number of hydrogen-bond acceptors (Lipinski definition) is 5. The molecule has 0 radical (unpaired) electrons. The minimum atomic E-state index is -0.840. The smallest absolute Gasteiger partial charge is 0.251 e. The van der Waals surface area contributed by atoms with Crippen LogP contribution in [0.3, 0.4) is 0 Å². The van der Waals surface area contributed by atoms with E-state index in [0.717, 1.165) is 18.1 Å². The first-order valence-corrected chi connectivity index (χ1v) is 12.1. The molecule has 2 aliphatic carbocycles. The molecule has 0 spiro atoms. The highest BCUT2D eigenvalue weighted by molar-refractivity contribution is 5.95. The van der Waals surface area contributed by atoms with E-state index in [-0.39, 0.29) is 12.1 Å². The lowest BCUT2D eigenvalue weighted by Crippen LogP contribution is -2.48. The Morgan fingerprint density at radius 2 is 2.03 bits per heavy atom. The van der Waals surface area contributed by atoms with Crippen molar-refractivity contribution in [2.24, 2.45) is 17.8 Å². The summed E-state index contributed by atoms with van der Waals surface area (Å²) in [5.74, 6) is 7.21. The average molecular weight is 465 g/mol. The van der Waals surface area contributed by atoms with Gasteiger partial charge in [0, 0.05) is 30.6 Å². The van der Waals surface area contributed by atoms with Crippen molar-refractivity contribution in [1.29, 1.82) is 0 Å². The zero-order chi connectivity index (χ0) is 23.9. The van der Waals surface area contributed by atoms with Gasteiger partial charge in [-0.05, 0) is 49.1 Å². The Morgan fingerprint density at radius 1 is 1.26 bits per heavy atom. The minimum absolute atomic E-state index is 0.173. The number of halogens is 1. The minimum Gasteiger partial charge on any atom is -0.390 e. The summed E-state index contributed by atoms with van der Waals surface area (Å²) in [5, 5.41) is 20.0. The summed E-state index contributed by atoms with van der Waals surface area (Å²) < 4.78 is 14.1. The fourth-order valence-electron chi connectivity index (χ4n) is 3.89. The fourth-order valence-corrected chi connectivity index (χ4v) is 3.89. The molecule has 0 aliphatic heterocycles. The van der Waals surface area contributed by atoms with Gasteiger partial charge in [-0.3, -0.25) is 4.79 Å². The number of amides is 1. The van der Waals surface area contributed by atoms with Gasteiger partial charge in [0.1, 0.15) is 5.82 Å². The Labute approximate surface area is 200 Å². The van der Waals surface area contributed by atoms with E-state index in [2.05, 4.69) is 39.7 Å². The maximum Gasteiger partial charge on any atom is 0.251 e. The van der Waals surface area contributed by atoms with E-state index < -0.39 is 24.0 Å². The van der Waals surface area contributed by atoms with Gasteiger partial charge in [0.25, 0.3) is 5.91 Å². The molecule has 2 aromatic rings. The van der Waals surface area contributed by atoms with Crippen LogP contribution in [-0.2, 0) is 6.42 Å². The fraction of sp³-hybridized carbons (Fsp3) is 0.481. The van der Waals surface area contributed by atoms with Crippen LogP contribution in [-0.4, -0.2) is 47.8 Å². The summed E-state index contributed by atoms with van der Waals surface area (Å²) >= 11 is 0. The van der Waals surface area contributed by atoms with Crippen molar-refractivity contribution in [2.45, 2.75) is 44.8 Å². The van der Waals surface area contributed by atoms with E-state index in [4.69, 9.17) is 0 Å². The number of anilines is 1. The number of aliphatic hydroxyl groups is 1. The number of pyridine rings is 1. The average Bonchev–Trinajstić information content (AvgIpc) is 3.75. The van der Waals surface area contributed by atoms with Crippen LogP contribution < -0.4 is 16.0 Å². The Balaban J connectivity index is 1.39. The summed E-state index contributed by atoms with van der Waals surface area (Å²) in [5.41, 5.74) is 1.16. The lowest BCUT2D eigenvalue weighted by atomic mass is 10.0. The van der Waals surface area contributed by atoms with Crippen molar-refractivity contribution in [1.82, 2.24) is 15.6 Å². The standard InChI is InChI=1S/C27H33FN4O2/c1-18-12-22(18)16-30-26-15-21(14-25(28)32-26)27(34)31-23(13-20-6-3-2-4-7-20)24(33)17-29-11-5-8-19-9-10-19/h2-4,6-7,14-15,18-19,22-24,29,33H,9-13,16-17H2,1H3,(H,30,32)(H,31,34)/t18-,22+,23-,24+/m0/s1. The number of carbonyl (C=O) groups excluding carboxylic acids is 1. The number of aromatic nitrogens is 1. The van der Waals surface area contributed by atoms with E-state index in [1.54, 1.807) is 6.07 Å². The van der Waals surface area contributed by atoms with Gasteiger partial charge in [0.15, 0.2) is 0 Å². The van der Waals surface area contributed by atoms with E-state index in [0.29, 0.717) is 43.1 Å². The predicted octanol–water partition coefficient (Wildman–Crippen LogP) is 2.99. The Kier molecular flexibility index (Phi) is 8.15. The molecule has 1 aromatic carbocycles. The molecule has 0 saturated heterocycles. The first-order valence-electron chi connectivity index (χ1n) is 12.1. The van der Waals surface area contributed by atoms with Gasteiger partial charge in [0.05, 0.1) is 18.7 Å². The zero-order valence-corrected chi connectivity index (χ0v) is 19.6. The van der Waals surface area contributed by atoms with E-state index in [1.165, 1.54) is 12.8 Å². The van der Waals surface area contributed by atoms with Crippen LogP contribution in [0.1, 0.15) is 42.1 Å². The number of nitrogens with one attached hydrogen (secondary N) is 3. The summed E-state index contributed by atoms with van der Waals surface area (Å²) in [6.45, 7) is 3.66. The first-order chi connectivity index (χ1) is 16.5. The highest BCUT2D eigenvalue weighted by Crippen LogP contribution is 2.37. The Bertz CT molecular complexity index is 1030. The largest absolute Gasteiger partial charge is 0.390 e. The van der Waals surface area contributed by atoms with Crippen molar-refractivity contribution in [3.8, 4) is 11.8 Å². The molecule has 4 N–H and O–H groups in total. The van der Waals surface area contributed by atoms with Crippen LogP contribution in [0.4, 0.5) is 10.2 Å². The molecule has 7 heteroatoms. The quantitative estimate of drug-likeness (QED) is 0.233. The number of aliphatic hydroxyl groups excluding tert-OH is 1. The second-order valence-corrected chi connectivity index (χ2v) is 9.48. The van der Waals surface area contributed by atoms with Crippen molar-refractivity contribution >= 4 is 11.7 Å². The number of hydrogen-bond donors (Lipinski definition) is 4. The monoisotopic (exact) mass is 464 g/mol. The topological polar surface area (TPSA) is 86.3 Å². The molecule has 0 unspecified atom stereocenters. The molecular formula is C27H33FN4O2. The van der Waals surface area contributed by atoms with Crippen LogP contribution in [0, 0.1) is 35.5 Å². The molecule has 1 heterocycles. The summed E-state index contributed by atoms with van der Waals surface area (Å²) in [7, 11) is 0. The van der Waals surface area contributed by atoms with Gasteiger partial charge in [0.2, 0.25) is 5.95 Å². The van der Waals surface area contributed by atoms with Gasteiger partial charge < -0.3 is 21.1 Å². The molecule has 2 saturated carbocycles. The lowest BCUT2D eigenvalue weighted by molar-refractivity contribution is 0.0832. The highest BCUT2D eigenvalue weighted by atomic mass is 19.1. The Hall–Kier alpha value is -2.95. The van der Waals surface area contributed by atoms with Gasteiger partial charge >= 0.3 is 0 Å². The second-order valence-electron chi connectivity index (χ2n) is 9.48. The number of nitrogens with zero attached hydrogens (tertiary/aromatic N) is 1. The summed E-state index contributed by atoms with van der Waals surface area (Å²) in [6.07, 6.45) is 3.10. The van der Waals surface area contributed by atoms with Crippen LogP contribution in [0.25, 0.3) is 0 Å². The second kappa shape index (κ2) is 11.5. The SMILES string of the molecule is C[C@H]1C[C@@H]1CNc1cc(C(=O)N[C@@H](Cc2ccccc2)[C@H](O)CNCC#CC2CC2)cc(F)n1. The third-order valence-electron chi connectivity index (χ3n) is 6.41. The lowest BCUT2D eigenvalue weighted by Gasteiger charge is -2.25. The number of carbonyl (C=O) groups is 1. The number of benzene rings is 1. The normalized spacial score (nSPS) is 20.6. The summed E-state index contributed by atoms with van der Waals surface area (Å²) in [4.78, 5) is 16.9. The highest BCUT2D eigenvalue weighted by Gasteiger charge is 2.32. The number of rotatable bonds is 11. The molecule has 34 heavy (non-hydrogen) atoms. The molecule has 1 aromatic heterocycles. The van der Waals surface area contributed by atoms with Crippen LogP contribution >= 0.6 is 0 Å². The third-order valence-corrected chi connectivity index (χ3v) is 6.41. The first kappa shape index (κ1) is 24.2. The molecular weight excluding hydrogens is 431 g/mol. The summed E-state index contributed by atoms with van der Waals surface area (Å²) in [6, 6.07) is 11.8. The third kappa shape index (κ3) is 7.54. The van der Waals surface area contributed by atoms with Gasteiger partial charge in [-0.2, -0.15) is 4.39 Å². The van der Waals surface area contributed by atoms with Crippen molar-refractivity contribution in [2.75, 3.05) is 25.0 Å². The van der Waals surface area contributed by atoms with Gasteiger partial charge in [-0.25, -0.2) is 4.98 Å². The molecule has 180 valence electrons. The maximum absolute atomic E-state index is 14.1. The molecule has 1 amide bonds. The predicted molar refractivity (Wildman–Crippen MR) is 131 cm³/mol. The van der Waals surface area contributed by atoms with Crippen molar-refractivity contribution in [3.63, 3.8) is 0 Å². The molecule has 2 fully saturated rings. The van der Waals surface area contributed by atoms with Gasteiger partial charge in [-0.1, -0.05) is 49.1 Å². The van der Waals surface area contributed by atoms with E-state index >= 15 is 0 Å². The molecule has 2 aliphatic rings. The van der Waals surface area contributed by atoms with Crippen LogP contribution in [0.5, 0.6) is 0 Å². The van der Waals surface area contributed by atoms with E-state index in [1.807, 2.05) is 30.3 Å². The van der Waals surface area contributed by atoms with Crippen molar-refractivity contribution < 1.29 is 14.3 Å². The van der Waals surface area contributed by atoms with E-state index in [9.17, 15) is 14.3 Å². The molecule has 4 atom stereocenters. The molecule has 0 bridgehead atoms. The Morgan fingerprint density at radius 3 is 2.74 bits per heavy atom. The van der Waals surface area contributed by atoms with Crippen LogP contribution in [0.2, 0.25) is 0 Å². The zero-order valence-electron chi connectivity index (χ0n) is 19.6. The molecule has 4 rings (SSSR count). The maximum atomic E-state index is 14.1.